The summed E-state index contributed by atoms with van der Waals surface area (Å²) in [6.07, 6.45) is 3.68. The summed E-state index contributed by atoms with van der Waals surface area (Å²) in [5.41, 5.74) is 3.74. The van der Waals surface area contributed by atoms with Gasteiger partial charge >= 0.3 is 5.97 Å². The minimum Gasteiger partial charge on any atom is -0.432 e. The van der Waals surface area contributed by atoms with Crippen molar-refractivity contribution in [2.45, 2.75) is 39.5 Å². The Kier molecular flexibility index (Phi) is 4.43. The maximum absolute atomic E-state index is 11.1. The third-order valence-electron chi connectivity index (χ3n) is 3.92. The summed E-state index contributed by atoms with van der Waals surface area (Å²) in [6.45, 7) is 9.74. The first-order chi connectivity index (χ1) is 9.47. The van der Waals surface area contributed by atoms with Crippen LogP contribution in [-0.2, 0) is 9.53 Å². The number of aryl methyl sites for hydroxylation is 1. The van der Waals surface area contributed by atoms with Gasteiger partial charge < -0.3 is 4.74 Å². The fourth-order valence-corrected chi connectivity index (χ4v) is 2.84. The van der Waals surface area contributed by atoms with Gasteiger partial charge in [0.15, 0.2) is 0 Å². The zero-order chi connectivity index (χ0) is 14.7. The van der Waals surface area contributed by atoms with Gasteiger partial charge in [-0.1, -0.05) is 42.0 Å². The standard InChI is InChI=1S/C18H22O2/c1-12(2)17-10-9-16(20-14(4)19)11-18(17)15-7-5-13(3)6-8-15/h5-9,17-18H,1,10-11H2,2-4H3/t17-,18-/m0/s1. The van der Waals surface area contributed by atoms with Crippen LogP contribution in [0, 0.1) is 12.8 Å². The van der Waals surface area contributed by atoms with Gasteiger partial charge in [0.25, 0.3) is 0 Å². The first-order valence-electron chi connectivity index (χ1n) is 7.06. The lowest BCUT2D eigenvalue weighted by molar-refractivity contribution is -0.137. The van der Waals surface area contributed by atoms with Crippen molar-refractivity contribution in [3.05, 3.63) is 59.4 Å². The van der Waals surface area contributed by atoms with Crippen LogP contribution in [0.1, 0.15) is 43.7 Å². The lowest BCUT2D eigenvalue weighted by Crippen LogP contribution is -2.20. The third kappa shape index (κ3) is 3.38. The Balaban J connectivity index is 2.27. The van der Waals surface area contributed by atoms with Crippen molar-refractivity contribution in [2.24, 2.45) is 5.92 Å². The molecule has 0 saturated carbocycles. The zero-order valence-corrected chi connectivity index (χ0v) is 12.5. The molecule has 106 valence electrons. The molecule has 0 fully saturated rings. The van der Waals surface area contributed by atoms with Crippen LogP contribution in [0.5, 0.6) is 0 Å². The summed E-state index contributed by atoms with van der Waals surface area (Å²) in [5, 5.41) is 0. The zero-order valence-electron chi connectivity index (χ0n) is 12.5. The number of carbonyl (C=O) groups excluding carboxylic acids is 1. The van der Waals surface area contributed by atoms with E-state index in [0.717, 1.165) is 18.6 Å². The van der Waals surface area contributed by atoms with E-state index in [-0.39, 0.29) is 5.97 Å². The van der Waals surface area contributed by atoms with E-state index in [4.69, 9.17) is 4.74 Å². The second kappa shape index (κ2) is 6.08. The van der Waals surface area contributed by atoms with Crippen molar-refractivity contribution in [1.29, 1.82) is 0 Å². The van der Waals surface area contributed by atoms with Crippen LogP contribution >= 0.6 is 0 Å². The van der Waals surface area contributed by atoms with E-state index in [1.807, 2.05) is 6.08 Å². The Bertz CT molecular complexity index is 537. The lowest BCUT2D eigenvalue weighted by atomic mass is 9.75. The van der Waals surface area contributed by atoms with Crippen LogP contribution in [0.2, 0.25) is 0 Å². The molecule has 0 heterocycles. The van der Waals surface area contributed by atoms with Gasteiger partial charge in [-0.05, 0) is 43.7 Å². The molecule has 2 atom stereocenters. The Morgan fingerprint density at radius 3 is 2.45 bits per heavy atom. The molecule has 1 aromatic rings. The SMILES string of the molecule is C=C(C)[C@@H]1CC=C(OC(C)=O)C[C@H]1c1ccc(C)cc1. The maximum Gasteiger partial charge on any atom is 0.307 e. The van der Waals surface area contributed by atoms with Gasteiger partial charge in [0, 0.05) is 13.3 Å². The predicted molar refractivity (Wildman–Crippen MR) is 81.3 cm³/mol. The quantitative estimate of drug-likeness (QED) is 0.596. The second-order valence-electron chi connectivity index (χ2n) is 5.67. The van der Waals surface area contributed by atoms with E-state index >= 15 is 0 Å². The molecule has 20 heavy (non-hydrogen) atoms. The average molecular weight is 270 g/mol. The van der Waals surface area contributed by atoms with Crippen LogP contribution in [-0.4, -0.2) is 5.97 Å². The van der Waals surface area contributed by atoms with Crippen molar-refractivity contribution < 1.29 is 9.53 Å². The predicted octanol–water partition coefficient (Wildman–Crippen LogP) is 4.51. The molecular formula is C18H22O2. The Morgan fingerprint density at radius 1 is 1.25 bits per heavy atom. The minimum absolute atomic E-state index is 0.243. The van der Waals surface area contributed by atoms with Crippen LogP contribution < -0.4 is 0 Å². The highest BCUT2D eigenvalue weighted by Gasteiger charge is 2.29. The van der Waals surface area contributed by atoms with E-state index < -0.39 is 0 Å². The summed E-state index contributed by atoms with van der Waals surface area (Å²) in [5.74, 6) is 1.30. The number of hydrogen-bond donors (Lipinski definition) is 0. The van der Waals surface area contributed by atoms with Crippen LogP contribution in [0.4, 0.5) is 0 Å². The van der Waals surface area contributed by atoms with E-state index in [1.165, 1.54) is 23.6 Å². The largest absolute Gasteiger partial charge is 0.432 e. The molecule has 2 nitrogen and oxygen atoms in total. The topological polar surface area (TPSA) is 26.3 Å². The number of rotatable bonds is 3. The number of esters is 1. The van der Waals surface area contributed by atoms with Gasteiger partial charge in [-0.15, -0.1) is 0 Å². The molecule has 2 rings (SSSR count). The van der Waals surface area contributed by atoms with Crippen LogP contribution in [0.3, 0.4) is 0 Å². The van der Waals surface area contributed by atoms with E-state index in [0.29, 0.717) is 11.8 Å². The number of allylic oxidation sites excluding steroid dienone is 3. The van der Waals surface area contributed by atoms with Gasteiger partial charge in [0.1, 0.15) is 5.76 Å². The normalized spacial score (nSPS) is 22.1. The van der Waals surface area contributed by atoms with Crippen molar-refractivity contribution in [2.75, 3.05) is 0 Å². The first kappa shape index (κ1) is 14.6. The molecule has 0 saturated heterocycles. The van der Waals surface area contributed by atoms with E-state index in [2.05, 4.69) is 44.7 Å². The fraction of sp³-hybridized carbons (Fsp3) is 0.389. The molecule has 0 amide bonds. The molecule has 2 heteroatoms. The van der Waals surface area contributed by atoms with Gasteiger partial charge in [-0.3, -0.25) is 4.79 Å². The molecule has 0 aliphatic heterocycles. The van der Waals surface area contributed by atoms with Crippen molar-refractivity contribution in [1.82, 2.24) is 0 Å². The Labute approximate surface area is 121 Å². The van der Waals surface area contributed by atoms with Gasteiger partial charge in [-0.2, -0.15) is 0 Å². The Morgan fingerprint density at radius 2 is 1.90 bits per heavy atom. The average Bonchev–Trinajstić information content (AvgIpc) is 2.38. The lowest BCUT2D eigenvalue weighted by Gasteiger charge is -2.31. The fourth-order valence-electron chi connectivity index (χ4n) is 2.84. The molecule has 0 bridgehead atoms. The number of benzene rings is 1. The monoisotopic (exact) mass is 270 g/mol. The summed E-state index contributed by atoms with van der Waals surface area (Å²) >= 11 is 0. The highest BCUT2D eigenvalue weighted by molar-refractivity contribution is 5.67. The molecule has 0 aromatic heterocycles. The Hall–Kier alpha value is -1.83. The molecule has 1 aliphatic rings. The second-order valence-corrected chi connectivity index (χ2v) is 5.67. The minimum atomic E-state index is -0.243. The van der Waals surface area contributed by atoms with E-state index in [9.17, 15) is 4.79 Å². The summed E-state index contributed by atoms with van der Waals surface area (Å²) in [7, 11) is 0. The number of carbonyl (C=O) groups is 1. The molecular weight excluding hydrogens is 248 g/mol. The first-order valence-corrected chi connectivity index (χ1v) is 7.06. The molecule has 0 radical (unpaired) electrons. The molecule has 1 aliphatic carbocycles. The van der Waals surface area contributed by atoms with Crippen molar-refractivity contribution in [3.8, 4) is 0 Å². The highest BCUT2D eigenvalue weighted by Crippen LogP contribution is 2.41. The number of hydrogen-bond acceptors (Lipinski definition) is 2. The summed E-state index contributed by atoms with van der Waals surface area (Å²) in [4.78, 5) is 11.1. The van der Waals surface area contributed by atoms with Crippen LogP contribution in [0.15, 0.2) is 48.3 Å². The van der Waals surface area contributed by atoms with Gasteiger partial charge in [-0.25, -0.2) is 0 Å². The molecule has 0 N–H and O–H groups in total. The summed E-state index contributed by atoms with van der Waals surface area (Å²) in [6, 6.07) is 8.61. The summed E-state index contributed by atoms with van der Waals surface area (Å²) < 4.78 is 5.29. The molecule has 0 spiro atoms. The molecule has 1 aromatic carbocycles. The third-order valence-corrected chi connectivity index (χ3v) is 3.92. The van der Waals surface area contributed by atoms with Crippen molar-refractivity contribution >= 4 is 5.97 Å². The smallest absolute Gasteiger partial charge is 0.307 e. The van der Waals surface area contributed by atoms with Crippen molar-refractivity contribution in [3.63, 3.8) is 0 Å². The number of ether oxygens (including phenoxy) is 1. The molecule has 0 unspecified atom stereocenters. The van der Waals surface area contributed by atoms with Crippen LogP contribution in [0.25, 0.3) is 0 Å². The maximum atomic E-state index is 11.1. The highest BCUT2D eigenvalue weighted by atomic mass is 16.5. The van der Waals surface area contributed by atoms with Gasteiger partial charge in [0.2, 0.25) is 0 Å². The van der Waals surface area contributed by atoms with E-state index in [1.54, 1.807) is 0 Å². The van der Waals surface area contributed by atoms with Gasteiger partial charge in [0.05, 0.1) is 0 Å².